The lowest BCUT2D eigenvalue weighted by molar-refractivity contribution is -0.116. The van der Waals surface area contributed by atoms with Gasteiger partial charge in [-0.25, -0.2) is 4.39 Å². The standard InChI is InChI=1S/C12H13BrFNO/c1-7-4-9(13)10(14)6-11(7)15-12(16)5-8-2-3-8/h4,6,8H,2-3,5H2,1H3,(H,15,16). The molecule has 0 spiro atoms. The first kappa shape index (κ1) is 11.6. The zero-order valence-corrected chi connectivity index (χ0v) is 10.6. The van der Waals surface area contributed by atoms with E-state index in [1.165, 1.54) is 6.07 Å². The molecule has 1 amide bonds. The van der Waals surface area contributed by atoms with Gasteiger partial charge in [-0.2, -0.15) is 0 Å². The molecule has 1 fully saturated rings. The van der Waals surface area contributed by atoms with Gasteiger partial charge < -0.3 is 5.32 Å². The summed E-state index contributed by atoms with van der Waals surface area (Å²) in [6.45, 7) is 1.84. The third-order valence-electron chi connectivity index (χ3n) is 2.71. The molecule has 0 aliphatic heterocycles. The van der Waals surface area contributed by atoms with E-state index in [0.717, 1.165) is 18.4 Å². The van der Waals surface area contributed by atoms with E-state index >= 15 is 0 Å². The Bertz CT molecular complexity index is 429. The van der Waals surface area contributed by atoms with Crippen molar-refractivity contribution in [1.29, 1.82) is 0 Å². The van der Waals surface area contributed by atoms with Gasteiger partial charge in [0.25, 0.3) is 0 Å². The number of hydrogen-bond donors (Lipinski definition) is 1. The molecule has 0 aromatic heterocycles. The summed E-state index contributed by atoms with van der Waals surface area (Å²) < 4.78 is 13.7. The predicted molar refractivity (Wildman–Crippen MR) is 64.8 cm³/mol. The minimum absolute atomic E-state index is 0.0210. The maximum atomic E-state index is 13.3. The van der Waals surface area contributed by atoms with E-state index in [-0.39, 0.29) is 11.7 Å². The summed E-state index contributed by atoms with van der Waals surface area (Å²) in [6.07, 6.45) is 2.83. The fraction of sp³-hybridized carbons (Fsp3) is 0.417. The van der Waals surface area contributed by atoms with Crippen LogP contribution in [0.5, 0.6) is 0 Å². The van der Waals surface area contributed by atoms with Gasteiger partial charge in [-0.3, -0.25) is 4.79 Å². The van der Waals surface area contributed by atoms with Crippen LogP contribution in [0, 0.1) is 18.7 Å². The van der Waals surface area contributed by atoms with Crippen molar-refractivity contribution in [3.8, 4) is 0 Å². The Morgan fingerprint density at radius 1 is 1.56 bits per heavy atom. The minimum Gasteiger partial charge on any atom is -0.326 e. The Morgan fingerprint density at radius 3 is 2.88 bits per heavy atom. The predicted octanol–water partition coefficient (Wildman–Crippen LogP) is 3.64. The van der Waals surface area contributed by atoms with Crippen molar-refractivity contribution >= 4 is 27.5 Å². The fourth-order valence-electron chi connectivity index (χ4n) is 1.57. The summed E-state index contributed by atoms with van der Waals surface area (Å²) in [4.78, 5) is 11.6. The number of carbonyl (C=O) groups excluding carboxylic acids is 1. The number of benzene rings is 1. The average Bonchev–Trinajstić information content (AvgIpc) is 2.98. The lowest BCUT2D eigenvalue weighted by Gasteiger charge is -2.09. The van der Waals surface area contributed by atoms with E-state index in [0.29, 0.717) is 22.5 Å². The molecule has 0 atom stereocenters. The van der Waals surface area contributed by atoms with Crippen LogP contribution < -0.4 is 5.32 Å². The van der Waals surface area contributed by atoms with Crippen LogP contribution in [0.25, 0.3) is 0 Å². The molecule has 1 aromatic carbocycles. The van der Waals surface area contributed by atoms with Crippen molar-refractivity contribution in [2.24, 2.45) is 5.92 Å². The molecule has 0 heterocycles. The first-order valence-corrected chi connectivity index (χ1v) is 6.11. The third-order valence-corrected chi connectivity index (χ3v) is 3.32. The molecule has 0 bridgehead atoms. The monoisotopic (exact) mass is 285 g/mol. The molecular weight excluding hydrogens is 273 g/mol. The quantitative estimate of drug-likeness (QED) is 0.903. The molecule has 2 rings (SSSR count). The second-order valence-electron chi connectivity index (χ2n) is 4.28. The Morgan fingerprint density at radius 2 is 2.25 bits per heavy atom. The van der Waals surface area contributed by atoms with E-state index in [9.17, 15) is 9.18 Å². The lowest BCUT2D eigenvalue weighted by Crippen LogP contribution is -2.13. The van der Waals surface area contributed by atoms with Gasteiger partial charge in [0.15, 0.2) is 0 Å². The summed E-state index contributed by atoms with van der Waals surface area (Å²) in [5, 5.41) is 2.75. The van der Waals surface area contributed by atoms with Gasteiger partial charge in [-0.05, 0) is 59.3 Å². The van der Waals surface area contributed by atoms with Gasteiger partial charge in [-0.1, -0.05) is 0 Å². The highest BCUT2D eigenvalue weighted by molar-refractivity contribution is 9.10. The van der Waals surface area contributed by atoms with Crippen LogP contribution in [0.3, 0.4) is 0 Å². The summed E-state index contributed by atoms with van der Waals surface area (Å²) in [5.74, 6) is 0.167. The molecule has 16 heavy (non-hydrogen) atoms. The zero-order valence-electron chi connectivity index (χ0n) is 9.02. The minimum atomic E-state index is -0.354. The van der Waals surface area contributed by atoms with Gasteiger partial charge in [-0.15, -0.1) is 0 Å². The van der Waals surface area contributed by atoms with Gasteiger partial charge in [0, 0.05) is 12.1 Å². The molecule has 0 radical (unpaired) electrons. The van der Waals surface area contributed by atoms with Crippen LogP contribution in [-0.4, -0.2) is 5.91 Å². The Hall–Kier alpha value is -0.900. The maximum Gasteiger partial charge on any atom is 0.224 e. The summed E-state index contributed by atoms with van der Waals surface area (Å²) in [7, 11) is 0. The summed E-state index contributed by atoms with van der Waals surface area (Å²) in [5.41, 5.74) is 1.42. The first-order valence-electron chi connectivity index (χ1n) is 5.32. The molecule has 1 saturated carbocycles. The highest BCUT2D eigenvalue weighted by Crippen LogP contribution is 2.33. The van der Waals surface area contributed by atoms with Crippen LogP contribution in [-0.2, 0) is 4.79 Å². The van der Waals surface area contributed by atoms with Gasteiger partial charge in [0.05, 0.1) is 4.47 Å². The molecule has 1 aromatic rings. The largest absolute Gasteiger partial charge is 0.326 e. The van der Waals surface area contributed by atoms with Crippen LogP contribution in [0.1, 0.15) is 24.8 Å². The van der Waals surface area contributed by atoms with Crippen molar-refractivity contribution in [3.05, 3.63) is 28.0 Å². The van der Waals surface area contributed by atoms with Crippen molar-refractivity contribution in [1.82, 2.24) is 0 Å². The molecular formula is C12H13BrFNO. The second kappa shape index (κ2) is 4.53. The number of anilines is 1. The smallest absolute Gasteiger partial charge is 0.224 e. The third kappa shape index (κ3) is 2.82. The van der Waals surface area contributed by atoms with Gasteiger partial charge in [0.1, 0.15) is 5.82 Å². The molecule has 2 nitrogen and oxygen atoms in total. The van der Waals surface area contributed by atoms with Crippen molar-refractivity contribution in [2.75, 3.05) is 5.32 Å². The van der Waals surface area contributed by atoms with Crippen molar-refractivity contribution < 1.29 is 9.18 Å². The van der Waals surface area contributed by atoms with Crippen LogP contribution >= 0.6 is 15.9 Å². The maximum absolute atomic E-state index is 13.3. The fourth-order valence-corrected chi connectivity index (χ4v) is 2.02. The van der Waals surface area contributed by atoms with E-state index in [1.54, 1.807) is 6.07 Å². The number of carbonyl (C=O) groups is 1. The Labute approximate surface area is 102 Å². The second-order valence-corrected chi connectivity index (χ2v) is 5.13. The number of rotatable bonds is 3. The highest BCUT2D eigenvalue weighted by atomic mass is 79.9. The average molecular weight is 286 g/mol. The molecule has 0 saturated heterocycles. The van der Waals surface area contributed by atoms with E-state index < -0.39 is 0 Å². The van der Waals surface area contributed by atoms with Crippen molar-refractivity contribution in [3.63, 3.8) is 0 Å². The van der Waals surface area contributed by atoms with Crippen LogP contribution in [0.15, 0.2) is 16.6 Å². The Balaban J connectivity index is 2.07. The molecule has 1 N–H and O–H groups in total. The van der Waals surface area contributed by atoms with E-state index in [2.05, 4.69) is 21.2 Å². The van der Waals surface area contributed by atoms with E-state index in [4.69, 9.17) is 0 Å². The number of aryl methyl sites for hydroxylation is 1. The first-order chi connectivity index (χ1) is 7.56. The van der Waals surface area contributed by atoms with Crippen LogP contribution in [0.4, 0.5) is 10.1 Å². The SMILES string of the molecule is Cc1cc(Br)c(F)cc1NC(=O)CC1CC1. The van der Waals surface area contributed by atoms with E-state index in [1.807, 2.05) is 6.92 Å². The molecule has 4 heteroatoms. The summed E-state index contributed by atoms with van der Waals surface area (Å²) in [6, 6.07) is 3.02. The molecule has 86 valence electrons. The molecule has 1 aliphatic carbocycles. The van der Waals surface area contributed by atoms with Crippen molar-refractivity contribution in [2.45, 2.75) is 26.2 Å². The normalized spacial score (nSPS) is 14.9. The summed E-state index contributed by atoms with van der Waals surface area (Å²) >= 11 is 3.11. The molecule has 1 aliphatic rings. The number of nitrogens with one attached hydrogen (secondary N) is 1. The van der Waals surface area contributed by atoms with Gasteiger partial charge >= 0.3 is 0 Å². The number of hydrogen-bond acceptors (Lipinski definition) is 1. The highest BCUT2D eigenvalue weighted by Gasteiger charge is 2.24. The van der Waals surface area contributed by atoms with Crippen LogP contribution in [0.2, 0.25) is 0 Å². The lowest BCUT2D eigenvalue weighted by atomic mass is 10.2. The number of amides is 1. The Kier molecular flexibility index (Phi) is 3.28. The zero-order chi connectivity index (χ0) is 11.7. The van der Waals surface area contributed by atoms with Gasteiger partial charge in [0.2, 0.25) is 5.91 Å². The number of halogens is 2. The topological polar surface area (TPSA) is 29.1 Å². The molecule has 0 unspecified atom stereocenters.